The maximum absolute atomic E-state index is 11.8. The van der Waals surface area contributed by atoms with Gasteiger partial charge in [0.2, 0.25) is 0 Å². The predicted molar refractivity (Wildman–Crippen MR) is 98.5 cm³/mol. The fourth-order valence-corrected chi connectivity index (χ4v) is 2.16. The monoisotopic (exact) mass is 338 g/mol. The summed E-state index contributed by atoms with van der Waals surface area (Å²) >= 11 is 0. The largest absolute Gasteiger partial charge is 0.489 e. The lowest BCUT2D eigenvalue weighted by Gasteiger charge is -2.12. The first-order chi connectivity index (χ1) is 12.2. The summed E-state index contributed by atoms with van der Waals surface area (Å²) in [5.41, 5.74) is 2.34. The van der Waals surface area contributed by atoms with E-state index in [0.29, 0.717) is 6.61 Å². The van der Waals surface area contributed by atoms with Crippen LogP contribution in [0, 0.1) is 0 Å². The molecule has 0 aliphatic carbocycles. The van der Waals surface area contributed by atoms with E-state index in [1.165, 1.54) is 0 Å². The topological polar surface area (TPSA) is 44.8 Å². The summed E-state index contributed by atoms with van der Waals surface area (Å²) in [6.45, 7) is 8.07. The second-order valence-electron chi connectivity index (χ2n) is 5.25. The lowest BCUT2D eigenvalue weighted by atomic mass is 10.1. The maximum Gasteiger partial charge on any atom is 0.335 e. The zero-order chi connectivity index (χ0) is 17.9. The second-order valence-corrected chi connectivity index (χ2v) is 5.25. The van der Waals surface area contributed by atoms with Crippen LogP contribution < -0.4 is 4.74 Å². The molecule has 2 rings (SSSR count). The lowest BCUT2D eigenvalue weighted by molar-refractivity contribution is -0.140. The van der Waals surface area contributed by atoms with Crippen LogP contribution in [0.25, 0.3) is 11.1 Å². The van der Waals surface area contributed by atoms with Crippen molar-refractivity contribution in [2.75, 3.05) is 26.4 Å². The number of esters is 1. The Hall–Kier alpha value is -2.85. The van der Waals surface area contributed by atoms with Gasteiger partial charge in [0.25, 0.3) is 0 Å². The first-order valence-electron chi connectivity index (χ1n) is 8.03. The van der Waals surface area contributed by atoms with E-state index in [2.05, 4.69) is 13.2 Å². The number of carbonyl (C=O) groups is 1. The van der Waals surface area contributed by atoms with E-state index in [4.69, 9.17) is 14.2 Å². The van der Waals surface area contributed by atoms with E-state index in [0.717, 1.165) is 16.9 Å². The summed E-state index contributed by atoms with van der Waals surface area (Å²) in [7, 11) is 0. The summed E-state index contributed by atoms with van der Waals surface area (Å²) in [5, 5.41) is 0. The number of para-hydroxylation sites is 1. The van der Waals surface area contributed by atoms with Crippen LogP contribution in [0.5, 0.6) is 5.75 Å². The van der Waals surface area contributed by atoms with E-state index in [-0.39, 0.29) is 25.4 Å². The molecular formula is C21H22O4. The molecule has 0 heterocycles. The summed E-state index contributed by atoms with van der Waals surface area (Å²) in [5.74, 6) is 0.266. The van der Waals surface area contributed by atoms with Gasteiger partial charge in [-0.25, -0.2) is 4.79 Å². The molecule has 0 spiro atoms. The number of rotatable bonds is 10. The van der Waals surface area contributed by atoms with Gasteiger partial charge in [-0.3, -0.25) is 0 Å². The van der Waals surface area contributed by atoms with Gasteiger partial charge in [0.1, 0.15) is 19.0 Å². The Morgan fingerprint density at radius 3 is 2.48 bits per heavy atom. The quantitative estimate of drug-likeness (QED) is 0.284. The molecule has 0 N–H and O–H groups in total. The van der Waals surface area contributed by atoms with Gasteiger partial charge in [-0.05, 0) is 11.6 Å². The molecule has 0 aliphatic rings. The summed E-state index contributed by atoms with van der Waals surface area (Å²) in [4.78, 5) is 11.8. The van der Waals surface area contributed by atoms with Crippen molar-refractivity contribution in [2.24, 2.45) is 0 Å². The zero-order valence-corrected chi connectivity index (χ0v) is 14.1. The predicted octanol–water partition coefficient (Wildman–Crippen LogP) is 4.03. The molecule has 0 aromatic heterocycles. The smallest absolute Gasteiger partial charge is 0.335 e. The molecule has 130 valence electrons. The van der Waals surface area contributed by atoms with Gasteiger partial charge in [0.05, 0.1) is 18.8 Å². The molecular weight excluding hydrogens is 316 g/mol. The van der Waals surface area contributed by atoms with Crippen LogP contribution in [-0.4, -0.2) is 32.4 Å². The van der Waals surface area contributed by atoms with Crippen molar-refractivity contribution in [3.63, 3.8) is 0 Å². The normalized spacial score (nSPS) is 10.1. The van der Waals surface area contributed by atoms with Gasteiger partial charge < -0.3 is 14.2 Å². The molecule has 25 heavy (non-hydrogen) atoms. The first-order valence-corrected chi connectivity index (χ1v) is 8.03. The number of carbonyl (C=O) groups excluding carboxylic acids is 1. The standard InChI is InChI=1S/C21H22O4/c1-3-13-23-16-17(2)21(22)25-15-14-24-20-12-8-7-11-19(20)18-9-5-4-6-10-18/h3-12H,1-2,13-16H2. The van der Waals surface area contributed by atoms with Gasteiger partial charge in [0, 0.05) is 5.56 Å². The van der Waals surface area contributed by atoms with Crippen molar-refractivity contribution in [2.45, 2.75) is 0 Å². The third-order valence-corrected chi connectivity index (χ3v) is 3.35. The van der Waals surface area contributed by atoms with E-state index < -0.39 is 5.97 Å². The summed E-state index contributed by atoms with van der Waals surface area (Å²) < 4.78 is 16.1. The second kappa shape index (κ2) is 10.1. The van der Waals surface area contributed by atoms with Crippen LogP contribution in [0.3, 0.4) is 0 Å². The van der Waals surface area contributed by atoms with Crippen molar-refractivity contribution in [3.8, 4) is 16.9 Å². The Morgan fingerprint density at radius 1 is 1.00 bits per heavy atom. The number of benzene rings is 2. The number of ether oxygens (including phenoxy) is 3. The third kappa shape index (κ3) is 5.94. The molecule has 0 bridgehead atoms. The van der Waals surface area contributed by atoms with E-state index in [9.17, 15) is 4.79 Å². The zero-order valence-electron chi connectivity index (χ0n) is 14.1. The Kier molecular flexibility index (Phi) is 7.47. The van der Waals surface area contributed by atoms with Crippen LogP contribution in [0.4, 0.5) is 0 Å². The van der Waals surface area contributed by atoms with Crippen molar-refractivity contribution in [1.29, 1.82) is 0 Å². The molecule has 4 nitrogen and oxygen atoms in total. The highest BCUT2D eigenvalue weighted by molar-refractivity contribution is 5.87. The molecule has 2 aromatic carbocycles. The molecule has 0 radical (unpaired) electrons. The average molecular weight is 338 g/mol. The molecule has 0 fully saturated rings. The maximum atomic E-state index is 11.8. The van der Waals surface area contributed by atoms with Crippen molar-refractivity contribution < 1.29 is 19.0 Å². The first kappa shape index (κ1) is 18.5. The van der Waals surface area contributed by atoms with E-state index in [1.54, 1.807) is 6.08 Å². The summed E-state index contributed by atoms with van der Waals surface area (Å²) in [6, 6.07) is 17.7. The summed E-state index contributed by atoms with van der Waals surface area (Å²) in [6.07, 6.45) is 1.61. The highest BCUT2D eigenvalue weighted by Crippen LogP contribution is 2.29. The van der Waals surface area contributed by atoms with Gasteiger partial charge in [-0.15, -0.1) is 6.58 Å². The van der Waals surface area contributed by atoms with Crippen molar-refractivity contribution in [3.05, 3.63) is 79.4 Å². The molecule has 4 heteroatoms. The molecule has 0 amide bonds. The highest BCUT2D eigenvalue weighted by Gasteiger charge is 2.09. The van der Waals surface area contributed by atoms with Gasteiger partial charge in [-0.1, -0.05) is 61.2 Å². The minimum absolute atomic E-state index is 0.128. The van der Waals surface area contributed by atoms with Gasteiger partial charge in [0.15, 0.2) is 0 Å². The fraction of sp³-hybridized carbons (Fsp3) is 0.190. The van der Waals surface area contributed by atoms with E-state index >= 15 is 0 Å². The SMILES string of the molecule is C=CCOCC(=C)C(=O)OCCOc1ccccc1-c1ccccc1. The Labute approximate surface area is 148 Å². The lowest BCUT2D eigenvalue weighted by Crippen LogP contribution is -2.16. The molecule has 0 atom stereocenters. The van der Waals surface area contributed by atoms with Crippen LogP contribution in [0.2, 0.25) is 0 Å². The fourth-order valence-electron chi connectivity index (χ4n) is 2.16. The molecule has 0 aliphatic heterocycles. The van der Waals surface area contributed by atoms with Crippen LogP contribution in [0.1, 0.15) is 0 Å². The van der Waals surface area contributed by atoms with Crippen molar-refractivity contribution in [1.82, 2.24) is 0 Å². The van der Waals surface area contributed by atoms with Crippen molar-refractivity contribution >= 4 is 5.97 Å². The van der Waals surface area contributed by atoms with Gasteiger partial charge >= 0.3 is 5.97 Å². The number of hydrogen-bond acceptors (Lipinski definition) is 4. The van der Waals surface area contributed by atoms with Crippen LogP contribution in [-0.2, 0) is 14.3 Å². The molecule has 0 saturated heterocycles. The molecule has 2 aromatic rings. The van der Waals surface area contributed by atoms with Crippen LogP contribution in [0.15, 0.2) is 79.4 Å². The van der Waals surface area contributed by atoms with Crippen LogP contribution >= 0.6 is 0 Å². The Bertz CT molecular complexity index is 707. The average Bonchev–Trinajstić information content (AvgIpc) is 2.66. The Balaban J connectivity index is 1.82. The number of hydrogen-bond donors (Lipinski definition) is 0. The molecule has 0 unspecified atom stereocenters. The Morgan fingerprint density at radius 2 is 1.72 bits per heavy atom. The van der Waals surface area contributed by atoms with E-state index in [1.807, 2.05) is 54.6 Å². The minimum atomic E-state index is -0.482. The van der Waals surface area contributed by atoms with Gasteiger partial charge in [-0.2, -0.15) is 0 Å². The minimum Gasteiger partial charge on any atom is -0.489 e. The molecule has 0 saturated carbocycles. The highest BCUT2D eigenvalue weighted by atomic mass is 16.6. The third-order valence-electron chi connectivity index (χ3n) is 3.35.